The third kappa shape index (κ3) is 3.50. The van der Waals surface area contributed by atoms with E-state index in [4.69, 9.17) is 0 Å². The highest BCUT2D eigenvalue weighted by Crippen LogP contribution is 2.41. The van der Waals surface area contributed by atoms with Crippen LogP contribution >= 0.6 is 0 Å². The molecular formula is C24H24FN3O3. The number of Topliss-reactive ketones (excluding diaryl/α,β-unsaturated/α-hetero) is 1. The lowest BCUT2D eigenvalue weighted by molar-refractivity contribution is -0.118. The summed E-state index contributed by atoms with van der Waals surface area (Å²) < 4.78 is 13.6. The maximum absolute atomic E-state index is 13.6. The van der Waals surface area contributed by atoms with Crippen molar-refractivity contribution in [3.63, 3.8) is 0 Å². The zero-order valence-corrected chi connectivity index (χ0v) is 17.9. The van der Waals surface area contributed by atoms with E-state index in [0.717, 1.165) is 5.56 Å². The largest absolute Gasteiger partial charge is 0.503 e. The molecule has 1 amide bonds. The van der Waals surface area contributed by atoms with Gasteiger partial charge in [0.1, 0.15) is 5.82 Å². The number of amides is 1. The molecule has 1 atom stereocenters. The number of aliphatic hydroxyl groups excluding tert-OH is 1. The number of imidazole rings is 1. The predicted octanol–water partition coefficient (Wildman–Crippen LogP) is 4.88. The third-order valence-electron chi connectivity index (χ3n) is 5.58. The number of benzene rings is 2. The molecule has 3 aromatic rings. The van der Waals surface area contributed by atoms with Crippen LogP contribution in [0.15, 0.2) is 53.8 Å². The van der Waals surface area contributed by atoms with Crippen LogP contribution in [0.2, 0.25) is 0 Å². The lowest BCUT2D eigenvalue weighted by atomic mass is 9.85. The molecule has 2 heterocycles. The Kier molecular flexibility index (Phi) is 4.92. The summed E-state index contributed by atoms with van der Waals surface area (Å²) >= 11 is 0. The molecule has 6 nitrogen and oxygen atoms in total. The van der Waals surface area contributed by atoms with E-state index in [1.165, 1.54) is 23.1 Å². The highest BCUT2D eigenvalue weighted by atomic mass is 19.1. The molecule has 0 spiro atoms. The summed E-state index contributed by atoms with van der Waals surface area (Å²) in [6.07, 6.45) is 0.141. The van der Waals surface area contributed by atoms with Gasteiger partial charge in [0.2, 0.25) is 5.95 Å². The number of aromatic amines is 1. The summed E-state index contributed by atoms with van der Waals surface area (Å²) in [5.41, 5.74) is 2.65. The van der Waals surface area contributed by atoms with E-state index < -0.39 is 23.5 Å². The number of ketones is 1. The van der Waals surface area contributed by atoms with E-state index in [9.17, 15) is 19.1 Å². The van der Waals surface area contributed by atoms with Crippen molar-refractivity contribution < 1.29 is 19.1 Å². The molecule has 160 valence electrons. The molecule has 1 aliphatic heterocycles. The average Bonchev–Trinajstić information content (AvgIpc) is 3.25. The summed E-state index contributed by atoms with van der Waals surface area (Å²) in [7, 11) is 0. The van der Waals surface area contributed by atoms with Crippen molar-refractivity contribution in [1.82, 2.24) is 9.97 Å². The van der Waals surface area contributed by atoms with Crippen LogP contribution in [0.25, 0.3) is 11.0 Å². The lowest BCUT2D eigenvalue weighted by Crippen LogP contribution is -2.32. The number of hydrogen-bond donors (Lipinski definition) is 2. The second kappa shape index (κ2) is 7.34. The summed E-state index contributed by atoms with van der Waals surface area (Å²) in [6, 6.07) is 10.9. The van der Waals surface area contributed by atoms with Crippen LogP contribution in [0, 0.1) is 5.82 Å². The van der Waals surface area contributed by atoms with E-state index in [-0.39, 0.29) is 29.1 Å². The van der Waals surface area contributed by atoms with Crippen molar-refractivity contribution in [2.75, 3.05) is 4.90 Å². The van der Waals surface area contributed by atoms with E-state index >= 15 is 0 Å². The maximum Gasteiger partial charge on any atom is 0.296 e. The zero-order chi connectivity index (χ0) is 22.5. The molecule has 2 N–H and O–H groups in total. The van der Waals surface area contributed by atoms with Crippen LogP contribution < -0.4 is 4.90 Å². The number of nitrogens with zero attached hydrogens (tertiary/aromatic N) is 2. The number of aromatic nitrogens is 2. The first-order valence-electron chi connectivity index (χ1n) is 10.2. The van der Waals surface area contributed by atoms with Gasteiger partial charge in [0.25, 0.3) is 5.91 Å². The normalized spacial score (nSPS) is 17.1. The van der Waals surface area contributed by atoms with Gasteiger partial charge in [0.15, 0.2) is 11.5 Å². The number of halogens is 1. The molecule has 1 unspecified atom stereocenters. The van der Waals surface area contributed by atoms with Gasteiger partial charge in [-0.05, 0) is 34.7 Å². The number of nitrogens with one attached hydrogen (secondary N) is 1. The number of aliphatic hydroxyl groups is 1. The first-order chi connectivity index (χ1) is 14.6. The SMILES string of the molecule is CCC(=O)C1=C(O)C(=O)N(c2nc3ccc(F)cc3[nH]2)C1c1ccc(C(C)(C)C)cc1. The van der Waals surface area contributed by atoms with Crippen LogP contribution in [0.5, 0.6) is 0 Å². The lowest BCUT2D eigenvalue weighted by Gasteiger charge is -2.26. The van der Waals surface area contributed by atoms with Gasteiger partial charge in [-0.25, -0.2) is 9.37 Å². The van der Waals surface area contributed by atoms with Crippen molar-refractivity contribution in [2.45, 2.75) is 45.6 Å². The van der Waals surface area contributed by atoms with Crippen LogP contribution in [0.3, 0.4) is 0 Å². The monoisotopic (exact) mass is 421 g/mol. The van der Waals surface area contributed by atoms with Gasteiger partial charge >= 0.3 is 0 Å². The Hall–Kier alpha value is -3.48. The molecule has 1 aliphatic rings. The fraction of sp³-hybridized carbons (Fsp3) is 0.292. The van der Waals surface area contributed by atoms with Gasteiger partial charge in [-0.1, -0.05) is 52.0 Å². The highest BCUT2D eigenvalue weighted by molar-refractivity contribution is 6.16. The van der Waals surface area contributed by atoms with E-state index in [2.05, 4.69) is 30.7 Å². The molecule has 31 heavy (non-hydrogen) atoms. The van der Waals surface area contributed by atoms with Crippen molar-refractivity contribution in [1.29, 1.82) is 0 Å². The molecule has 7 heteroatoms. The topological polar surface area (TPSA) is 86.3 Å². The van der Waals surface area contributed by atoms with Gasteiger partial charge in [-0.15, -0.1) is 0 Å². The van der Waals surface area contributed by atoms with E-state index in [1.54, 1.807) is 6.92 Å². The standard InChI is InChI=1S/C24H24FN3O3/c1-5-18(29)19-20(13-6-8-14(9-7-13)24(2,3)4)28(22(31)21(19)30)23-26-16-11-10-15(25)12-17(16)27-23/h6-12,20,30H,5H2,1-4H3,(H,26,27). The maximum atomic E-state index is 13.6. The molecule has 2 aromatic carbocycles. The molecular weight excluding hydrogens is 397 g/mol. The molecule has 1 aromatic heterocycles. The number of anilines is 1. The number of carbonyl (C=O) groups is 2. The van der Waals surface area contributed by atoms with Crippen molar-refractivity contribution in [3.8, 4) is 0 Å². The fourth-order valence-corrected chi connectivity index (χ4v) is 3.86. The van der Waals surface area contributed by atoms with Crippen molar-refractivity contribution in [2.24, 2.45) is 0 Å². The average molecular weight is 421 g/mol. The fourth-order valence-electron chi connectivity index (χ4n) is 3.86. The van der Waals surface area contributed by atoms with Crippen molar-refractivity contribution in [3.05, 3.63) is 70.7 Å². The van der Waals surface area contributed by atoms with Gasteiger partial charge in [0, 0.05) is 6.42 Å². The molecule has 0 saturated heterocycles. The molecule has 0 radical (unpaired) electrons. The molecule has 0 aliphatic carbocycles. The van der Waals surface area contributed by atoms with Gasteiger partial charge in [-0.3, -0.25) is 14.5 Å². The van der Waals surface area contributed by atoms with Crippen LogP contribution in [0.4, 0.5) is 10.3 Å². The molecule has 0 saturated carbocycles. The van der Waals surface area contributed by atoms with E-state index in [0.29, 0.717) is 16.6 Å². The smallest absolute Gasteiger partial charge is 0.296 e. The van der Waals surface area contributed by atoms with Gasteiger partial charge < -0.3 is 10.1 Å². The predicted molar refractivity (Wildman–Crippen MR) is 116 cm³/mol. The number of fused-ring (bicyclic) bond motifs is 1. The molecule has 4 rings (SSSR count). The summed E-state index contributed by atoms with van der Waals surface area (Å²) in [5, 5.41) is 10.6. The van der Waals surface area contributed by atoms with Gasteiger partial charge in [-0.2, -0.15) is 0 Å². The summed E-state index contributed by atoms with van der Waals surface area (Å²) in [5.74, 6) is -1.92. The second-order valence-electron chi connectivity index (χ2n) is 8.71. The minimum Gasteiger partial charge on any atom is -0.503 e. The number of carbonyl (C=O) groups excluding carboxylic acids is 2. The Morgan fingerprint density at radius 1 is 1.19 bits per heavy atom. The number of H-pyrrole nitrogens is 1. The minimum atomic E-state index is -0.834. The quantitative estimate of drug-likeness (QED) is 0.629. The minimum absolute atomic E-state index is 0.0441. The summed E-state index contributed by atoms with van der Waals surface area (Å²) in [6.45, 7) is 7.97. The third-order valence-corrected chi connectivity index (χ3v) is 5.58. The van der Waals surface area contributed by atoms with E-state index in [1.807, 2.05) is 24.3 Å². The highest BCUT2D eigenvalue weighted by Gasteiger charge is 2.45. The van der Waals surface area contributed by atoms with Crippen LogP contribution in [-0.4, -0.2) is 26.8 Å². The molecule has 0 fully saturated rings. The first kappa shape index (κ1) is 20.8. The van der Waals surface area contributed by atoms with Gasteiger partial charge in [0.05, 0.1) is 22.6 Å². The Bertz CT molecular complexity index is 1220. The Balaban J connectivity index is 1.86. The number of hydrogen-bond acceptors (Lipinski definition) is 4. The van der Waals surface area contributed by atoms with Crippen molar-refractivity contribution >= 4 is 28.7 Å². The Labute approximate surface area is 179 Å². The zero-order valence-electron chi connectivity index (χ0n) is 17.9. The van der Waals surface area contributed by atoms with Crippen LogP contribution in [-0.2, 0) is 15.0 Å². The Morgan fingerprint density at radius 3 is 2.48 bits per heavy atom. The first-order valence-corrected chi connectivity index (χ1v) is 10.2. The second-order valence-corrected chi connectivity index (χ2v) is 8.71. The number of rotatable bonds is 4. The van der Waals surface area contributed by atoms with Crippen LogP contribution in [0.1, 0.15) is 51.3 Å². The summed E-state index contributed by atoms with van der Waals surface area (Å²) in [4.78, 5) is 34.3. The molecule has 0 bridgehead atoms. The Morgan fingerprint density at radius 2 is 1.87 bits per heavy atom.